The number of para-hydroxylation sites is 1. The zero-order valence-corrected chi connectivity index (χ0v) is 19.6. The van der Waals surface area contributed by atoms with Gasteiger partial charge in [-0.3, -0.25) is 14.1 Å². The normalized spacial score (nSPS) is 13.9. The van der Waals surface area contributed by atoms with Gasteiger partial charge in [0.15, 0.2) is 5.82 Å². The maximum absolute atomic E-state index is 13.2. The number of ether oxygens (including phenoxy) is 2. The number of methoxy groups -OCH3 is 2. The fourth-order valence-corrected chi connectivity index (χ4v) is 4.15. The summed E-state index contributed by atoms with van der Waals surface area (Å²) in [5.74, 6) is 0.786. The number of nitrogens with zero attached hydrogens (tertiary/aromatic N) is 5. The lowest BCUT2D eigenvalue weighted by Crippen LogP contribution is -2.30. The number of amides is 1. The topological polar surface area (TPSA) is 133 Å². The van der Waals surface area contributed by atoms with Crippen LogP contribution in [0.25, 0.3) is 11.3 Å². The first-order chi connectivity index (χ1) is 16.5. The average molecular weight is 482 g/mol. The van der Waals surface area contributed by atoms with Crippen LogP contribution in [0.5, 0.6) is 11.5 Å². The fourth-order valence-electron chi connectivity index (χ4n) is 3.40. The second-order valence-electron chi connectivity index (χ2n) is 7.25. The molecule has 0 spiro atoms. The third-order valence-electron chi connectivity index (χ3n) is 4.88. The van der Waals surface area contributed by atoms with E-state index in [0.717, 1.165) is 5.57 Å². The van der Waals surface area contributed by atoms with Gasteiger partial charge in [-0.15, -0.1) is 10.2 Å². The summed E-state index contributed by atoms with van der Waals surface area (Å²) in [4.78, 5) is 21.3. The Morgan fingerprint density at radius 1 is 1.15 bits per heavy atom. The molecule has 0 saturated carbocycles. The fraction of sp³-hybridized carbons (Fsp3) is 0.227. The molecule has 34 heavy (non-hydrogen) atoms. The van der Waals surface area contributed by atoms with E-state index in [2.05, 4.69) is 30.2 Å². The standard InChI is InChI=1S/C22H23N7O4S/c1-14-10-15(12-23-11-14)20-26-27-21(22(30)28-34(31)13-18-24-8-5-9-25-18)29(20)19-16(32-2)6-4-7-17(19)33-3/h4-10,12,23H,11,13H2,1-3H3,(H,28,30). The lowest BCUT2D eigenvalue weighted by Gasteiger charge is -2.18. The maximum atomic E-state index is 13.2. The van der Waals surface area contributed by atoms with Crippen LogP contribution in [-0.4, -0.2) is 55.6 Å². The van der Waals surface area contributed by atoms with Gasteiger partial charge in [0, 0.05) is 30.7 Å². The van der Waals surface area contributed by atoms with Crippen LogP contribution in [0.3, 0.4) is 0 Å². The first-order valence-electron chi connectivity index (χ1n) is 10.2. The Morgan fingerprint density at radius 2 is 1.85 bits per heavy atom. The number of rotatable bonds is 8. The number of carbonyl (C=O) groups excluding carboxylic acids is 1. The molecule has 1 atom stereocenters. The number of hydrogen-bond acceptors (Lipinski definition) is 9. The molecule has 0 fully saturated rings. The van der Waals surface area contributed by atoms with Gasteiger partial charge in [0.05, 0.1) is 14.2 Å². The molecule has 1 amide bonds. The van der Waals surface area contributed by atoms with E-state index >= 15 is 0 Å². The molecule has 2 N–H and O–H groups in total. The van der Waals surface area contributed by atoms with Crippen molar-refractivity contribution >= 4 is 22.5 Å². The van der Waals surface area contributed by atoms with Gasteiger partial charge < -0.3 is 14.8 Å². The Bertz CT molecular complexity index is 1270. The van der Waals surface area contributed by atoms with Gasteiger partial charge in [-0.2, -0.15) is 0 Å². The highest BCUT2D eigenvalue weighted by Crippen LogP contribution is 2.35. The molecule has 3 heterocycles. The quantitative estimate of drug-likeness (QED) is 0.492. The minimum atomic E-state index is -1.79. The van der Waals surface area contributed by atoms with Crippen molar-refractivity contribution < 1.29 is 18.5 Å². The van der Waals surface area contributed by atoms with Gasteiger partial charge in [0.2, 0.25) is 5.82 Å². The number of nitrogens with one attached hydrogen (secondary N) is 2. The minimum absolute atomic E-state index is 0.0530. The van der Waals surface area contributed by atoms with Crippen LogP contribution in [0.1, 0.15) is 29.2 Å². The predicted molar refractivity (Wildman–Crippen MR) is 126 cm³/mol. The number of hydrogen-bond donors (Lipinski definition) is 2. The highest BCUT2D eigenvalue weighted by molar-refractivity contribution is 7.82. The Morgan fingerprint density at radius 3 is 2.50 bits per heavy atom. The van der Waals surface area contributed by atoms with Crippen molar-refractivity contribution in [1.29, 1.82) is 0 Å². The van der Waals surface area contributed by atoms with Crippen LogP contribution < -0.4 is 19.5 Å². The van der Waals surface area contributed by atoms with Crippen molar-refractivity contribution in [1.82, 2.24) is 34.8 Å². The van der Waals surface area contributed by atoms with Crippen molar-refractivity contribution in [3.8, 4) is 17.2 Å². The van der Waals surface area contributed by atoms with Crippen LogP contribution in [0.15, 0.2) is 54.5 Å². The van der Waals surface area contributed by atoms with Gasteiger partial charge in [-0.05, 0) is 31.2 Å². The largest absolute Gasteiger partial charge is 0.494 e. The summed E-state index contributed by atoms with van der Waals surface area (Å²) in [6.07, 6.45) is 6.83. The van der Waals surface area contributed by atoms with Gasteiger partial charge in [0.25, 0.3) is 0 Å². The van der Waals surface area contributed by atoms with Gasteiger partial charge in [-0.25, -0.2) is 14.2 Å². The van der Waals surface area contributed by atoms with Crippen LogP contribution in [-0.2, 0) is 16.7 Å². The molecule has 176 valence electrons. The van der Waals surface area contributed by atoms with Gasteiger partial charge >= 0.3 is 5.91 Å². The third kappa shape index (κ3) is 4.81. The molecule has 0 bridgehead atoms. The molecule has 0 aliphatic carbocycles. The molecule has 1 aliphatic heterocycles. The summed E-state index contributed by atoms with van der Waals surface area (Å²) in [5.41, 5.74) is 2.23. The molecule has 3 aromatic rings. The lowest BCUT2D eigenvalue weighted by molar-refractivity contribution is 0.0970. The van der Waals surface area contributed by atoms with Crippen molar-refractivity contribution in [3.63, 3.8) is 0 Å². The van der Waals surface area contributed by atoms with E-state index in [-0.39, 0.29) is 11.6 Å². The van der Waals surface area contributed by atoms with Crippen molar-refractivity contribution in [2.24, 2.45) is 0 Å². The smallest absolute Gasteiger partial charge is 0.301 e. The van der Waals surface area contributed by atoms with E-state index in [1.54, 1.807) is 42.9 Å². The van der Waals surface area contributed by atoms with Crippen LogP contribution in [0.4, 0.5) is 0 Å². The van der Waals surface area contributed by atoms with Crippen LogP contribution >= 0.6 is 0 Å². The van der Waals surface area contributed by atoms with Gasteiger partial charge in [-0.1, -0.05) is 11.6 Å². The lowest BCUT2D eigenvalue weighted by atomic mass is 10.1. The van der Waals surface area contributed by atoms with E-state index in [1.807, 2.05) is 13.0 Å². The number of dihydropyridines is 1. The van der Waals surface area contributed by atoms with Crippen molar-refractivity contribution in [3.05, 3.63) is 72.0 Å². The first-order valence-corrected chi connectivity index (χ1v) is 11.6. The summed E-state index contributed by atoms with van der Waals surface area (Å²) in [7, 11) is 1.24. The van der Waals surface area contributed by atoms with Crippen molar-refractivity contribution in [2.75, 3.05) is 20.8 Å². The second kappa shape index (κ2) is 10.3. The molecular formula is C22H23N7O4S. The monoisotopic (exact) mass is 481 g/mol. The number of benzene rings is 1. The molecule has 4 rings (SSSR count). The Balaban J connectivity index is 1.78. The predicted octanol–water partition coefficient (Wildman–Crippen LogP) is 1.56. The van der Waals surface area contributed by atoms with Gasteiger partial charge in [0.1, 0.15) is 39.7 Å². The maximum Gasteiger partial charge on any atom is 0.301 e. The Hall–Kier alpha value is -4.06. The Kier molecular flexibility index (Phi) is 6.97. The molecule has 1 aliphatic rings. The van der Waals surface area contributed by atoms with Crippen LogP contribution in [0, 0.1) is 0 Å². The van der Waals surface area contributed by atoms with Crippen LogP contribution in [0.2, 0.25) is 0 Å². The van der Waals surface area contributed by atoms with E-state index < -0.39 is 16.9 Å². The molecular weight excluding hydrogens is 458 g/mol. The molecule has 12 heteroatoms. The van der Waals surface area contributed by atoms with E-state index in [4.69, 9.17) is 9.47 Å². The third-order valence-corrected chi connectivity index (χ3v) is 5.81. The first kappa shape index (κ1) is 23.1. The molecule has 0 saturated heterocycles. The summed E-state index contributed by atoms with van der Waals surface area (Å²) >= 11 is 0. The molecule has 0 radical (unpaired) electrons. The SMILES string of the molecule is COc1cccc(OC)c1-n1c(C(=O)NS(=O)Cc2ncccn2)nnc1C1=CNCC(C)=C1. The van der Waals surface area contributed by atoms with E-state index in [1.165, 1.54) is 18.8 Å². The summed E-state index contributed by atoms with van der Waals surface area (Å²) < 4.78 is 27.7. The Labute approximate surface area is 198 Å². The number of aromatic nitrogens is 5. The highest BCUT2D eigenvalue weighted by Gasteiger charge is 2.27. The highest BCUT2D eigenvalue weighted by atomic mass is 32.2. The molecule has 1 unspecified atom stereocenters. The van der Waals surface area contributed by atoms with E-state index in [9.17, 15) is 9.00 Å². The zero-order valence-electron chi connectivity index (χ0n) is 18.8. The number of carbonyl (C=O) groups is 1. The van der Waals surface area contributed by atoms with E-state index in [0.29, 0.717) is 41.0 Å². The summed E-state index contributed by atoms with van der Waals surface area (Å²) in [6.45, 7) is 2.68. The molecule has 2 aromatic heterocycles. The average Bonchev–Trinajstić information content (AvgIpc) is 3.29. The van der Waals surface area contributed by atoms with Crippen molar-refractivity contribution in [2.45, 2.75) is 12.7 Å². The minimum Gasteiger partial charge on any atom is -0.494 e. The number of allylic oxidation sites excluding steroid dienone is 2. The molecule has 11 nitrogen and oxygen atoms in total. The zero-order chi connectivity index (χ0) is 24.1. The second-order valence-corrected chi connectivity index (χ2v) is 8.43. The molecule has 1 aromatic carbocycles. The summed E-state index contributed by atoms with van der Waals surface area (Å²) in [6, 6.07) is 6.90. The summed E-state index contributed by atoms with van der Waals surface area (Å²) in [5, 5.41) is 11.6.